The lowest BCUT2D eigenvalue weighted by atomic mass is 10.1. The molecule has 0 saturated carbocycles. The van der Waals surface area contributed by atoms with Crippen LogP contribution >= 0.6 is 11.6 Å². The summed E-state index contributed by atoms with van der Waals surface area (Å²) in [4.78, 5) is 4.32. The molecule has 0 aliphatic carbocycles. The Labute approximate surface area is 96.6 Å². The predicted molar refractivity (Wildman–Crippen MR) is 65.4 cm³/mol. The van der Waals surface area contributed by atoms with Crippen molar-refractivity contribution < 1.29 is 0 Å². The number of hydrogen-bond acceptors (Lipinski definition) is 3. The topological polar surface area (TPSA) is 56.7 Å². The van der Waals surface area contributed by atoms with Crippen molar-refractivity contribution in [1.29, 1.82) is 0 Å². The van der Waals surface area contributed by atoms with E-state index in [2.05, 4.69) is 10.1 Å². The van der Waals surface area contributed by atoms with Gasteiger partial charge in [-0.2, -0.15) is 5.10 Å². The van der Waals surface area contributed by atoms with Gasteiger partial charge in [-0.05, 0) is 18.2 Å². The van der Waals surface area contributed by atoms with E-state index >= 15 is 0 Å². The second-order valence-electron chi connectivity index (χ2n) is 3.69. The van der Waals surface area contributed by atoms with Gasteiger partial charge in [0.15, 0.2) is 0 Å². The molecule has 3 rings (SSSR count). The fourth-order valence-corrected chi connectivity index (χ4v) is 2.10. The Bertz CT molecular complexity index is 702. The summed E-state index contributed by atoms with van der Waals surface area (Å²) in [6.07, 6.45) is 1.73. The Kier molecular flexibility index (Phi) is 1.82. The molecule has 0 saturated heterocycles. The van der Waals surface area contributed by atoms with Crippen molar-refractivity contribution in [2.45, 2.75) is 0 Å². The molecule has 3 aromatic rings. The van der Waals surface area contributed by atoms with Crippen LogP contribution in [-0.4, -0.2) is 14.8 Å². The van der Waals surface area contributed by atoms with Gasteiger partial charge in [-0.1, -0.05) is 11.6 Å². The molecule has 2 aromatic heterocycles. The van der Waals surface area contributed by atoms with Crippen molar-refractivity contribution in [3.63, 3.8) is 0 Å². The number of anilines is 1. The molecule has 2 N–H and O–H groups in total. The zero-order valence-electron chi connectivity index (χ0n) is 8.61. The number of pyridine rings is 1. The third-order valence-electron chi connectivity index (χ3n) is 2.67. The van der Waals surface area contributed by atoms with Gasteiger partial charge in [0.25, 0.3) is 0 Å². The van der Waals surface area contributed by atoms with Crippen LogP contribution in [0.25, 0.3) is 21.8 Å². The number of fused-ring (bicyclic) bond motifs is 3. The summed E-state index contributed by atoms with van der Waals surface area (Å²) >= 11 is 5.93. The zero-order chi connectivity index (χ0) is 11.3. The molecule has 2 heterocycles. The highest BCUT2D eigenvalue weighted by Gasteiger charge is 2.10. The highest BCUT2D eigenvalue weighted by molar-refractivity contribution is 6.31. The summed E-state index contributed by atoms with van der Waals surface area (Å²) in [5.41, 5.74) is 7.66. The summed E-state index contributed by atoms with van der Waals surface area (Å²) in [5.74, 6) is 0.484. The van der Waals surface area contributed by atoms with Crippen molar-refractivity contribution in [2.24, 2.45) is 7.05 Å². The molecule has 4 nitrogen and oxygen atoms in total. The fourth-order valence-electron chi connectivity index (χ4n) is 1.93. The Morgan fingerprint density at radius 1 is 1.31 bits per heavy atom. The Balaban J connectivity index is 2.62. The molecular formula is C11H9ClN4. The summed E-state index contributed by atoms with van der Waals surface area (Å²) < 4.78 is 1.80. The number of aryl methyl sites for hydroxylation is 1. The first-order valence-corrected chi connectivity index (χ1v) is 5.21. The molecule has 0 aliphatic rings. The summed E-state index contributed by atoms with van der Waals surface area (Å²) in [6, 6.07) is 5.59. The van der Waals surface area contributed by atoms with E-state index in [-0.39, 0.29) is 0 Å². The fraction of sp³-hybridized carbons (Fsp3) is 0.0909. The molecule has 5 heteroatoms. The van der Waals surface area contributed by atoms with E-state index in [4.69, 9.17) is 17.3 Å². The number of aromatic nitrogens is 3. The van der Waals surface area contributed by atoms with Crippen LogP contribution in [-0.2, 0) is 7.05 Å². The predicted octanol–water partition coefficient (Wildman–Crippen LogP) is 2.36. The molecule has 0 aliphatic heterocycles. The largest absolute Gasteiger partial charge is 0.383 e. The van der Waals surface area contributed by atoms with Crippen molar-refractivity contribution in [1.82, 2.24) is 14.8 Å². The van der Waals surface area contributed by atoms with Crippen molar-refractivity contribution in [2.75, 3.05) is 5.73 Å². The Hall–Kier alpha value is -1.81. The van der Waals surface area contributed by atoms with E-state index < -0.39 is 0 Å². The molecule has 1 aromatic carbocycles. The molecule has 0 fully saturated rings. The van der Waals surface area contributed by atoms with Crippen LogP contribution in [0.5, 0.6) is 0 Å². The zero-order valence-corrected chi connectivity index (χ0v) is 9.36. The smallest absolute Gasteiger partial charge is 0.135 e. The highest BCUT2D eigenvalue weighted by atomic mass is 35.5. The van der Waals surface area contributed by atoms with E-state index in [0.29, 0.717) is 10.8 Å². The molecular weight excluding hydrogens is 224 g/mol. The summed E-state index contributed by atoms with van der Waals surface area (Å²) in [6.45, 7) is 0. The minimum atomic E-state index is 0.484. The molecule has 0 amide bonds. The van der Waals surface area contributed by atoms with Crippen LogP contribution in [0.15, 0.2) is 24.4 Å². The number of nitrogens with zero attached hydrogens (tertiary/aromatic N) is 3. The van der Waals surface area contributed by atoms with Crippen LogP contribution < -0.4 is 5.73 Å². The molecule has 0 radical (unpaired) electrons. The van der Waals surface area contributed by atoms with Crippen LogP contribution in [0.4, 0.5) is 5.82 Å². The summed E-state index contributed by atoms with van der Waals surface area (Å²) in [5, 5.41) is 6.73. The normalized spacial score (nSPS) is 11.4. The average molecular weight is 233 g/mol. The monoisotopic (exact) mass is 232 g/mol. The second-order valence-corrected chi connectivity index (χ2v) is 4.13. The van der Waals surface area contributed by atoms with E-state index in [0.717, 1.165) is 21.8 Å². The first kappa shape index (κ1) is 9.42. The first-order chi connectivity index (χ1) is 7.66. The number of halogens is 1. The average Bonchev–Trinajstić information content (AvgIpc) is 2.61. The second kappa shape index (κ2) is 3.09. The third-order valence-corrected chi connectivity index (χ3v) is 2.91. The maximum atomic E-state index is 5.93. The Morgan fingerprint density at radius 3 is 2.94 bits per heavy atom. The van der Waals surface area contributed by atoms with Gasteiger partial charge in [-0.3, -0.25) is 4.68 Å². The van der Waals surface area contributed by atoms with Gasteiger partial charge in [0.2, 0.25) is 0 Å². The Morgan fingerprint density at radius 2 is 2.12 bits per heavy atom. The van der Waals surface area contributed by atoms with E-state index in [9.17, 15) is 0 Å². The van der Waals surface area contributed by atoms with Gasteiger partial charge in [0, 0.05) is 17.5 Å². The van der Waals surface area contributed by atoms with Crippen molar-refractivity contribution in [3.05, 3.63) is 29.4 Å². The lowest BCUT2D eigenvalue weighted by Gasteiger charge is -2.04. The van der Waals surface area contributed by atoms with Gasteiger partial charge in [0.05, 0.1) is 22.6 Å². The molecule has 0 unspecified atom stereocenters. The third kappa shape index (κ3) is 1.17. The lowest BCUT2D eigenvalue weighted by Crippen LogP contribution is -1.95. The van der Waals surface area contributed by atoms with Crippen molar-refractivity contribution >= 4 is 39.2 Å². The first-order valence-electron chi connectivity index (χ1n) is 4.83. The molecule has 0 bridgehead atoms. The quantitative estimate of drug-likeness (QED) is 0.647. The van der Waals surface area contributed by atoms with Crippen LogP contribution in [0, 0.1) is 0 Å². The molecule has 0 spiro atoms. The maximum Gasteiger partial charge on any atom is 0.135 e. The van der Waals surface area contributed by atoms with E-state index in [1.54, 1.807) is 16.9 Å². The number of nitrogen functional groups attached to an aromatic ring is 1. The van der Waals surface area contributed by atoms with Gasteiger partial charge in [-0.25, -0.2) is 4.98 Å². The number of rotatable bonds is 0. The van der Waals surface area contributed by atoms with Gasteiger partial charge < -0.3 is 5.73 Å². The van der Waals surface area contributed by atoms with E-state index in [1.165, 1.54) is 0 Å². The van der Waals surface area contributed by atoms with E-state index in [1.807, 2.05) is 19.2 Å². The SMILES string of the molecule is Cn1ncc2c(N)nc3cc(Cl)ccc3c21. The number of benzene rings is 1. The lowest BCUT2D eigenvalue weighted by molar-refractivity contribution is 0.799. The van der Waals surface area contributed by atoms with Gasteiger partial charge in [0.1, 0.15) is 5.82 Å². The van der Waals surface area contributed by atoms with Crippen LogP contribution in [0.1, 0.15) is 0 Å². The van der Waals surface area contributed by atoms with Gasteiger partial charge in [-0.15, -0.1) is 0 Å². The number of hydrogen-bond donors (Lipinski definition) is 1. The molecule has 16 heavy (non-hydrogen) atoms. The highest BCUT2D eigenvalue weighted by Crippen LogP contribution is 2.28. The minimum absolute atomic E-state index is 0.484. The maximum absolute atomic E-state index is 5.93. The van der Waals surface area contributed by atoms with Crippen LogP contribution in [0.2, 0.25) is 5.02 Å². The number of nitrogens with two attached hydrogens (primary N) is 1. The molecule has 0 atom stereocenters. The van der Waals surface area contributed by atoms with Crippen molar-refractivity contribution in [3.8, 4) is 0 Å². The van der Waals surface area contributed by atoms with Crippen LogP contribution in [0.3, 0.4) is 0 Å². The molecule has 80 valence electrons. The van der Waals surface area contributed by atoms with Gasteiger partial charge >= 0.3 is 0 Å². The minimum Gasteiger partial charge on any atom is -0.383 e. The standard InChI is InChI=1S/C11H9ClN4/c1-16-10-7-3-2-6(12)4-9(7)15-11(13)8(10)5-14-16/h2-5H,1H3,(H2,13,15). The summed E-state index contributed by atoms with van der Waals surface area (Å²) in [7, 11) is 1.88.